The number of carboxylic acid groups (broad SMARTS) is 1. The first-order valence-corrected chi connectivity index (χ1v) is 8.91. The van der Waals surface area contributed by atoms with Gasteiger partial charge in [-0.05, 0) is 54.9 Å². The fraction of sp³-hybridized carbons (Fsp3) is 0.333. The monoisotopic (exact) mass is 353 g/mol. The average molecular weight is 353 g/mol. The molecule has 1 saturated carbocycles. The maximum Gasteiger partial charge on any atom is 0.335 e. The van der Waals surface area contributed by atoms with Crippen LogP contribution in [0.5, 0.6) is 0 Å². The SMILES string of the molecule is O=CN(OCc1ccccc1)C1CCC(c2ccc(C(=O)O)cc2)CC1. The fourth-order valence-electron chi connectivity index (χ4n) is 3.51. The lowest BCUT2D eigenvalue weighted by Crippen LogP contribution is -2.36. The zero-order valence-electron chi connectivity index (χ0n) is 14.6. The predicted octanol–water partition coefficient (Wildman–Crippen LogP) is 4.00. The van der Waals surface area contributed by atoms with Crippen molar-refractivity contribution in [3.8, 4) is 0 Å². The van der Waals surface area contributed by atoms with Crippen LogP contribution >= 0.6 is 0 Å². The van der Waals surface area contributed by atoms with Crippen LogP contribution < -0.4 is 0 Å². The van der Waals surface area contributed by atoms with Crippen LogP contribution in [-0.2, 0) is 16.2 Å². The molecule has 0 atom stereocenters. The van der Waals surface area contributed by atoms with Crippen LogP contribution in [0.1, 0.15) is 53.1 Å². The number of hydroxylamine groups is 2. The van der Waals surface area contributed by atoms with Gasteiger partial charge in [0, 0.05) is 0 Å². The second kappa shape index (κ2) is 8.63. The molecule has 0 unspecified atom stereocenters. The quantitative estimate of drug-likeness (QED) is 0.603. The largest absolute Gasteiger partial charge is 0.478 e. The van der Waals surface area contributed by atoms with Crippen molar-refractivity contribution in [3.05, 3.63) is 71.3 Å². The van der Waals surface area contributed by atoms with Gasteiger partial charge in [0.1, 0.15) is 6.61 Å². The summed E-state index contributed by atoms with van der Waals surface area (Å²) in [5, 5.41) is 10.4. The van der Waals surface area contributed by atoms with Crippen LogP contribution in [0.4, 0.5) is 0 Å². The van der Waals surface area contributed by atoms with Gasteiger partial charge in [-0.25, -0.2) is 9.86 Å². The molecule has 136 valence electrons. The lowest BCUT2D eigenvalue weighted by Gasteiger charge is -2.34. The molecule has 1 fully saturated rings. The molecule has 3 rings (SSSR count). The van der Waals surface area contributed by atoms with Crippen molar-refractivity contribution in [2.24, 2.45) is 0 Å². The van der Waals surface area contributed by atoms with Gasteiger partial charge in [-0.15, -0.1) is 0 Å². The Balaban J connectivity index is 1.53. The molecular weight excluding hydrogens is 330 g/mol. The van der Waals surface area contributed by atoms with Crippen LogP contribution in [0.2, 0.25) is 0 Å². The van der Waals surface area contributed by atoms with E-state index in [9.17, 15) is 9.59 Å². The van der Waals surface area contributed by atoms with Crippen molar-refractivity contribution in [1.29, 1.82) is 0 Å². The van der Waals surface area contributed by atoms with E-state index in [1.54, 1.807) is 12.1 Å². The average Bonchev–Trinajstić information content (AvgIpc) is 2.70. The molecule has 1 aliphatic carbocycles. The Morgan fingerprint density at radius 3 is 2.27 bits per heavy atom. The molecule has 0 aromatic heterocycles. The third kappa shape index (κ3) is 4.49. The van der Waals surface area contributed by atoms with Gasteiger partial charge < -0.3 is 5.11 Å². The Morgan fingerprint density at radius 1 is 1.04 bits per heavy atom. The summed E-state index contributed by atoms with van der Waals surface area (Å²) in [6.45, 7) is 0.385. The maximum atomic E-state index is 11.4. The minimum absolute atomic E-state index is 0.0887. The first-order valence-electron chi connectivity index (χ1n) is 8.91. The minimum atomic E-state index is -0.905. The van der Waals surface area contributed by atoms with Crippen LogP contribution in [0.3, 0.4) is 0 Å². The summed E-state index contributed by atoms with van der Waals surface area (Å²) >= 11 is 0. The number of carboxylic acids is 1. The summed E-state index contributed by atoms with van der Waals surface area (Å²) in [4.78, 5) is 28.1. The second-order valence-electron chi connectivity index (χ2n) is 6.66. The number of hydrogen-bond acceptors (Lipinski definition) is 3. The van der Waals surface area contributed by atoms with Crippen molar-refractivity contribution >= 4 is 12.4 Å². The first kappa shape index (κ1) is 18.1. The number of nitrogens with zero attached hydrogens (tertiary/aromatic N) is 1. The highest BCUT2D eigenvalue weighted by Gasteiger charge is 2.27. The topological polar surface area (TPSA) is 66.8 Å². The molecule has 5 heteroatoms. The normalized spacial score (nSPS) is 19.7. The van der Waals surface area contributed by atoms with Gasteiger partial charge in [-0.3, -0.25) is 9.63 Å². The molecular formula is C21H23NO4. The van der Waals surface area contributed by atoms with E-state index in [-0.39, 0.29) is 6.04 Å². The number of rotatable bonds is 7. The lowest BCUT2D eigenvalue weighted by atomic mass is 9.81. The van der Waals surface area contributed by atoms with Crippen molar-refractivity contribution in [3.63, 3.8) is 0 Å². The Labute approximate surface area is 153 Å². The summed E-state index contributed by atoms with van der Waals surface area (Å²) < 4.78 is 0. The highest BCUT2D eigenvalue weighted by molar-refractivity contribution is 5.87. The van der Waals surface area contributed by atoms with Crippen LogP contribution in [-0.4, -0.2) is 28.6 Å². The second-order valence-corrected chi connectivity index (χ2v) is 6.66. The Kier molecular flexibility index (Phi) is 6.02. The first-order chi connectivity index (χ1) is 12.7. The van der Waals surface area contributed by atoms with E-state index in [4.69, 9.17) is 9.94 Å². The molecule has 1 N–H and O–H groups in total. The third-order valence-electron chi connectivity index (χ3n) is 5.01. The standard InChI is InChI=1S/C21H23NO4/c23-15-22(26-14-16-4-2-1-3-5-16)20-12-10-18(11-13-20)17-6-8-19(9-7-17)21(24)25/h1-9,15,18,20H,10-14H2,(H,24,25). The number of benzene rings is 2. The number of amides is 1. The fourth-order valence-corrected chi connectivity index (χ4v) is 3.51. The van der Waals surface area contributed by atoms with E-state index < -0.39 is 5.97 Å². The van der Waals surface area contributed by atoms with Crippen LogP contribution in [0, 0.1) is 0 Å². The van der Waals surface area contributed by atoms with E-state index >= 15 is 0 Å². The minimum Gasteiger partial charge on any atom is -0.478 e. The Morgan fingerprint density at radius 2 is 1.69 bits per heavy atom. The highest BCUT2D eigenvalue weighted by atomic mass is 16.7. The summed E-state index contributed by atoms with van der Waals surface area (Å²) in [7, 11) is 0. The van der Waals surface area contributed by atoms with E-state index in [2.05, 4.69) is 0 Å². The third-order valence-corrected chi connectivity index (χ3v) is 5.01. The van der Waals surface area contributed by atoms with Crippen LogP contribution in [0.15, 0.2) is 54.6 Å². The van der Waals surface area contributed by atoms with E-state index in [1.165, 1.54) is 5.06 Å². The molecule has 2 aromatic carbocycles. The molecule has 0 heterocycles. The summed E-state index contributed by atoms with van der Waals surface area (Å²) in [6, 6.07) is 17.0. The molecule has 1 aliphatic rings. The van der Waals surface area contributed by atoms with Gasteiger partial charge in [0.15, 0.2) is 0 Å². The molecule has 0 aliphatic heterocycles. The zero-order valence-corrected chi connectivity index (χ0v) is 14.6. The summed E-state index contributed by atoms with van der Waals surface area (Å²) in [5.74, 6) is -0.505. The van der Waals surface area contributed by atoms with Gasteiger partial charge in [0.05, 0.1) is 11.6 Å². The summed E-state index contributed by atoms with van der Waals surface area (Å²) in [5.41, 5.74) is 2.51. The molecule has 26 heavy (non-hydrogen) atoms. The number of aromatic carboxylic acids is 1. The van der Waals surface area contributed by atoms with Gasteiger partial charge in [0.25, 0.3) is 0 Å². The number of carbonyl (C=O) groups excluding carboxylic acids is 1. The zero-order chi connectivity index (χ0) is 18.4. The van der Waals surface area contributed by atoms with Crippen molar-refractivity contribution in [2.75, 3.05) is 0 Å². The maximum absolute atomic E-state index is 11.4. The van der Waals surface area contributed by atoms with Gasteiger partial charge in [-0.2, -0.15) is 0 Å². The van der Waals surface area contributed by atoms with Crippen molar-refractivity contribution in [2.45, 2.75) is 44.2 Å². The molecule has 0 bridgehead atoms. The molecule has 0 saturated heterocycles. The summed E-state index contributed by atoms with van der Waals surface area (Å²) in [6.07, 6.45) is 4.43. The number of carbonyl (C=O) groups is 2. The van der Waals surface area contributed by atoms with Crippen molar-refractivity contribution < 1.29 is 19.5 Å². The van der Waals surface area contributed by atoms with Gasteiger partial charge in [0.2, 0.25) is 6.41 Å². The molecule has 0 spiro atoms. The molecule has 5 nitrogen and oxygen atoms in total. The molecule has 0 radical (unpaired) electrons. The Hall–Kier alpha value is -2.66. The van der Waals surface area contributed by atoms with Crippen LogP contribution in [0.25, 0.3) is 0 Å². The molecule has 2 aromatic rings. The molecule has 1 amide bonds. The van der Waals surface area contributed by atoms with E-state index in [1.807, 2.05) is 42.5 Å². The van der Waals surface area contributed by atoms with Gasteiger partial charge in [-0.1, -0.05) is 42.5 Å². The lowest BCUT2D eigenvalue weighted by molar-refractivity contribution is -0.196. The van der Waals surface area contributed by atoms with E-state index in [0.717, 1.165) is 43.2 Å². The highest BCUT2D eigenvalue weighted by Crippen LogP contribution is 2.34. The van der Waals surface area contributed by atoms with Crippen molar-refractivity contribution in [1.82, 2.24) is 5.06 Å². The smallest absolute Gasteiger partial charge is 0.335 e. The van der Waals surface area contributed by atoms with E-state index in [0.29, 0.717) is 18.1 Å². The predicted molar refractivity (Wildman–Crippen MR) is 97.5 cm³/mol. The number of hydrogen-bond donors (Lipinski definition) is 1. The van der Waals surface area contributed by atoms with Gasteiger partial charge >= 0.3 is 5.97 Å². The Bertz CT molecular complexity index is 721.